The van der Waals surface area contributed by atoms with E-state index in [1.165, 1.54) is 21.1 Å². The number of unbranched alkanes of at least 4 members (excludes halogenated alkanes) is 1. The van der Waals surface area contributed by atoms with Gasteiger partial charge in [-0.25, -0.2) is 0 Å². The van der Waals surface area contributed by atoms with E-state index >= 15 is 0 Å². The zero-order valence-electron chi connectivity index (χ0n) is 31.0. The molecule has 0 fully saturated rings. The fraction of sp³-hybridized carbons (Fsp3) is 0.514. The van der Waals surface area contributed by atoms with Gasteiger partial charge in [0, 0.05) is 5.92 Å². The number of nitrogens with zero attached hydrogens (tertiary/aromatic N) is 1. The summed E-state index contributed by atoms with van der Waals surface area (Å²) < 4.78 is 7.41. The second-order valence-corrected chi connectivity index (χ2v) is 32.3. The average Bonchev–Trinajstić information content (AvgIpc) is 2.90. The molecule has 8 heteroatoms. The van der Waals surface area contributed by atoms with Crippen LogP contribution in [-0.4, -0.2) is 74.3 Å². The molecular weight excluding hydrogens is 601 g/mol. The van der Waals surface area contributed by atoms with Gasteiger partial charge in [-0.3, -0.25) is 0 Å². The molecule has 0 saturated heterocycles. The summed E-state index contributed by atoms with van der Waals surface area (Å²) in [5.74, 6) is -0.111. The molecule has 0 aliphatic rings. The molecule has 0 bridgehead atoms. The highest BCUT2D eigenvalue weighted by Crippen LogP contribution is 2.48. The van der Waals surface area contributed by atoms with Gasteiger partial charge < -0.3 is 19.2 Å². The number of benzene rings is 3. The van der Waals surface area contributed by atoms with Gasteiger partial charge in [-0.15, -0.1) is 0 Å². The topological polar surface area (TPSA) is 49.7 Å². The lowest BCUT2D eigenvalue weighted by molar-refractivity contribution is -0.849. The molecular formula is C37H63BNO3Si3+. The summed E-state index contributed by atoms with van der Waals surface area (Å²) in [7, 11) is 2.07. The van der Waals surface area contributed by atoms with Crippen LogP contribution >= 0.6 is 0 Å². The maximum absolute atomic E-state index is 10.5. The third-order valence-corrected chi connectivity index (χ3v) is 14.4. The van der Waals surface area contributed by atoms with Crippen molar-refractivity contribution in [1.29, 1.82) is 0 Å². The molecule has 248 valence electrons. The van der Waals surface area contributed by atoms with Crippen LogP contribution in [0, 0.1) is 0 Å². The molecule has 0 aromatic heterocycles. The molecule has 0 aliphatic heterocycles. The van der Waals surface area contributed by atoms with Gasteiger partial charge in [0.1, 0.15) is 5.60 Å². The Hall–Kier alpha value is -1.78. The van der Waals surface area contributed by atoms with Crippen LogP contribution in [0.25, 0.3) is 0 Å². The van der Waals surface area contributed by atoms with Gasteiger partial charge in [-0.1, -0.05) is 167 Å². The van der Waals surface area contributed by atoms with E-state index in [0.717, 1.165) is 34.9 Å². The summed E-state index contributed by atoms with van der Waals surface area (Å²) in [5.41, 5.74) is 2.01. The predicted molar refractivity (Wildman–Crippen MR) is 207 cm³/mol. The maximum atomic E-state index is 10.5. The van der Waals surface area contributed by atoms with E-state index in [4.69, 9.17) is 4.65 Å². The number of hydrogen-bond acceptors (Lipinski definition) is 3. The Kier molecular flexibility index (Phi) is 13.5. The number of rotatable bonds is 12. The van der Waals surface area contributed by atoms with Gasteiger partial charge in [0.25, 0.3) is 0 Å². The molecule has 2 N–H and O–H groups in total. The van der Waals surface area contributed by atoms with Crippen molar-refractivity contribution in [3.8, 4) is 0 Å². The minimum atomic E-state index is -1.92. The first-order valence-electron chi connectivity index (χ1n) is 16.7. The van der Waals surface area contributed by atoms with Crippen molar-refractivity contribution in [3.05, 3.63) is 89.5 Å². The smallest absolute Gasteiger partial charge is 0.402 e. The summed E-state index contributed by atoms with van der Waals surface area (Å²) >= 11 is 0. The second kappa shape index (κ2) is 15.4. The molecule has 1 unspecified atom stereocenters. The van der Waals surface area contributed by atoms with Gasteiger partial charge in [-0.05, 0) is 23.1 Å². The predicted octanol–water partition coefficient (Wildman–Crippen LogP) is 6.85. The van der Waals surface area contributed by atoms with Crippen LogP contribution < -0.4 is 15.6 Å². The maximum Gasteiger partial charge on any atom is 0.634 e. The normalized spacial score (nSPS) is 13.6. The zero-order chi connectivity index (χ0) is 34.4. The van der Waals surface area contributed by atoms with Crippen molar-refractivity contribution < 1.29 is 19.2 Å². The molecule has 1 atom stereocenters. The lowest BCUT2D eigenvalue weighted by Crippen LogP contribution is -2.45. The summed E-state index contributed by atoms with van der Waals surface area (Å²) in [6.45, 7) is 23.4. The highest BCUT2D eigenvalue weighted by Gasteiger charge is 2.46. The Labute approximate surface area is 279 Å². The third kappa shape index (κ3) is 11.5. The van der Waals surface area contributed by atoms with E-state index in [0.29, 0.717) is 0 Å². The van der Waals surface area contributed by atoms with E-state index in [1.807, 2.05) is 0 Å². The van der Waals surface area contributed by atoms with Gasteiger partial charge in [0.05, 0.1) is 52.4 Å². The van der Waals surface area contributed by atoms with Crippen molar-refractivity contribution in [2.24, 2.45) is 0 Å². The van der Waals surface area contributed by atoms with Crippen molar-refractivity contribution in [2.45, 2.75) is 96.6 Å². The van der Waals surface area contributed by atoms with Crippen LogP contribution in [0.4, 0.5) is 0 Å². The fourth-order valence-corrected chi connectivity index (χ4v) is 9.12. The van der Waals surface area contributed by atoms with Crippen molar-refractivity contribution in [2.75, 3.05) is 28.2 Å². The van der Waals surface area contributed by atoms with Crippen LogP contribution in [0.3, 0.4) is 0 Å². The molecule has 45 heavy (non-hydrogen) atoms. The number of hydrogen-bond donors (Lipinski definition) is 2. The van der Waals surface area contributed by atoms with Crippen LogP contribution in [0.1, 0.15) is 48.8 Å². The lowest BCUT2D eigenvalue weighted by atomic mass is 9.70. The lowest BCUT2D eigenvalue weighted by Gasteiger charge is -2.43. The Morgan fingerprint density at radius 3 is 1.20 bits per heavy atom. The Bertz CT molecular complexity index is 1250. The minimum absolute atomic E-state index is 0.111. The first-order chi connectivity index (χ1) is 20.5. The standard InChI is InChI=1S/C33H51BO3Si3.C4H12N/c1-11-12-13-32(26-14-20-29(21-15-26)38(2,3)4)33(37-34(35)36,27-16-22-30(23-17-27)39(5,6)7)28-18-24-31(25-19-28)40(8,9)10;1-5(2,3)4/h14-25,32,35-36H,11-13H2,1-10H3;1-4H3/q;+1. The summed E-state index contributed by atoms with van der Waals surface area (Å²) in [5, 5.41) is 25.2. The Morgan fingerprint density at radius 2 is 0.933 bits per heavy atom. The van der Waals surface area contributed by atoms with Gasteiger partial charge in [0.15, 0.2) is 0 Å². The highest BCUT2D eigenvalue weighted by molar-refractivity contribution is 6.89. The zero-order valence-corrected chi connectivity index (χ0v) is 34.0. The molecule has 3 aromatic carbocycles. The van der Waals surface area contributed by atoms with Crippen LogP contribution in [0.15, 0.2) is 72.8 Å². The molecule has 3 aromatic rings. The SMILES string of the molecule is CCCCC(c1ccc([Si](C)(C)C)cc1)C(OB(O)O)(c1ccc([Si](C)(C)C)cc1)c1ccc([Si](C)(C)C)cc1.C[N+](C)(C)C. The van der Waals surface area contributed by atoms with Crippen LogP contribution in [0.2, 0.25) is 58.9 Å². The molecule has 0 aliphatic carbocycles. The van der Waals surface area contributed by atoms with Crippen molar-refractivity contribution in [3.63, 3.8) is 0 Å². The van der Waals surface area contributed by atoms with Gasteiger partial charge in [0.2, 0.25) is 0 Å². The molecule has 0 spiro atoms. The summed E-state index contributed by atoms with van der Waals surface area (Å²) in [6.07, 6.45) is 2.92. The Balaban J connectivity index is 0.00000130. The molecule has 0 radical (unpaired) electrons. The quantitative estimate of drug-likeness (QED) is 0.165. The molecule has 0 amide bonds. The fourth-order valence-electron chi connectivity index (χ4n) is 5.62. The molecule has 3 rings (SSSR count). The summed E-state index contributed by atoms with van der Waals surface area (Å²) in [4.78, 5) is 0. The van der Waals surface area contributed by atoms with Crippen molar-refractivity contribution >= 4 is 47.1 Å². The van der Waals surface area contributed by atoms with Gasteiger partial charge in [-0.2, -0.15) is 0 Å². The average molecular weight is 665 g/mol. The minimum Gasteiger partial charge on any atom is -0.402 e. The van der Waals surface area contributed by atoms with E-state index in [1.54, 1.807) is 0 Å². The van der Waals surface area contributed by atoms with E-state index in [9.17, 15) is 10.0 Å². The van der Waals surface area contributed by atoms with Gasteiger partial charge >= 0.3 is 7.32 Å². The van der Waals surface area contributed by atoms with Crippen molar-refractivity contribution in [1.82, 2.24) is 0 Å². The Morgan fingerprint density at radius 1 is 0.622 bits per heavy atom. The molecule has 0 saturated carbocycles. The highest BCUT2D eigenvalue weighted by atomic mass is 28.3. The number of quaternary nitrogens is 1. The first kappa shape index (κ1) is 39.4. The van der Waals surface area contributed by atoms with Crippen LogP contribution in [0.5, 0.6) is 0 Å². The third-order valence-electron chi connectivity index (χ3n) is 8.17. The van der Waals surface area contributed by atoms with E-state index in [2.05, 4.69) is 167 Å². The van der Waals surface area contributed by atoms with E-state index in [-0.39, 0.29) is 5.92 Å². The molecule has 0 heterocycles. The van der Waals surface area contributed by atoms with Crippen LogP contribution in [-0.2, 0) is 10.3 Å². The second-order valence-electron chi connectivity index (χ2n) is 17.1. The summed E-state index contributed by atoms with van der Waals surface area (Å²) in [6, 6.07) is 26.6. The first-order valence-corrected chi connectivity index (χ1v) is 27.2. The monoisotopic (exact) mass is 664 g/mol. The largest absolute Gasteiger partial charge is 0.634 e. The van der Waals surface area contributed by atoms with E-state index < -0.39 is 37.1 Å². The molecule has 4 nitrogen and oxygen atoms in total.